The molecule has 0 unspecified atom stereocenters. The summed E-state index contributed by atoms with van der Waals surface area (Å²) in [4.78, 5) is 29.3. The van der Waals surface area contributed by atoms with Gasteiger partial charge in [-0.1, -0.05) is 93.2 Å². The van der Waals surface area contributed by atoms with Crippen molar-refractivity contribution in [2.45, 2.75) is 62.4 Å². The van der Waals surface area contributed by atoms with Gasteiger partial charge in [-0.05, 0) is 83.9 Å². The number of halogens is 4. The predicted molar refractivity (Wildman–Crippen MR) is 343 cm³/mol. The molecule has 2 aliphatic heterocycles. The monoisotopic (exact) mass is 1360 g/mol. The number of likely N-dealkylation sites (N-methyl/N-ethyl adjacent to an activating group) is 2. The quantitative estimate of drug-likeness (QED) is 0.0228. The molecular weight excluding hydrogens is 1280 g/mol. The maximum Gasteiger partial charge on any atom is 0.253 e. The van der Waals surface area contributed by atoms with Crippen LogP contribution in [0.15, 0.2) is 85.2 Å². The Hall–Kier alpha value is -5.34. The zero-order valence-corrected chi connectivity index (χ0v) is 54.6. The molecule has 2 aromatic heterocycles. The van der Waals surface area contributed by atoms with E-state index in [1.165, 1.54) is 0 Å². The number of fused-ring (bicyclic) bond motifs is 2. The maximum absolute atomic E-state index is 12.4. The van der Waals surface area contributed by atoms with E-state index in [2.05, 4.69) is 79.4 Å². The van der Waals surface area contributed by atoms with Crippen LogP contribution in [0.3, 0.4) is 0 Å². The van der Waals surface area contributed by atoms with Crippen LogP contribution in [0.2, 0.25) is 20.1 Å². The van der Waals surface area contributed by atoms with Gasteiger partial charge >= 0.3 is 0 Å². The second-order valence-electron chi connectivity index (χ2n) is 22.0. The molecular formula is C63H82Cl4N10O15. The molecule has 25 nitrogen and oxygen atoms in total. The Morgan fingerprint density at radius 2 is 0.870 bits per heavy atom. The number of aliphatic hydroxyl groups excluding tert-OH is 4. The van der Waals surface area contributed by atoms with E-state index in [-0.39, 0.29) is 64.8 Å². The van der Waals surface area contributed by atoms with Crippen molar-refractivity contribution < 1.29 is 72.6 Å². The molecule has 2 aliphatic rings. The lowest BCUT2D eigenvalue weighted by molar-refractivity contribution is -0.156. The van der Waals surface area contributed by atoms with Gasteiger partial charge in [-0.15, -0.1) is 10.2 Å². The van der Waals surface area contributed by atoms with E-state index in [1.807, 2.05) is 48.8 Å². The summed E-state index contributed by atoms with van der Waals surface area (Å²) >= 11 is 26.0. The summed E-state index contributed by atoms with van der Waals surface area (Å²) in [7, 11) is 4.18. The van der Waals surface area contributed by atoms with Crippen LogP contribution in [0.4, 0.5) is 0 Å². The van der Waals surface area contributed by atoms with Crippen LogP contribution < -0.4 is 10.6 Å². The van der Waals surface area contributed by atoms with E-state index in [0.29, 0.717) is 106 Å². The average Bonchev–Trinajstić information content (AvgIpc) is 1.08. The van der Waals surface area contributed by atoms with Crippen molar-refractivity contribution in [3.8, 4) is 22.5 Å². The molecule has 8 rings (SSSR count). The molecule has 4 heterocycles. The molecule has 0 aliphatic carbocycles. The molecule has 6 aromatic rings. The lowest BCUT2D eigenvalue weighted by atomic mass is 9.84. The van der Waals surface area contributed by atoms with Crippen LogP contribution in [0, 0.1) is 0 Å². The summed E-state index contributed by atoms with van der Waals surface area (Å²) in [6.45, 7) is 9.01. The number of ether oxygens (including phenoxy) is 9. The number of rotatable bonds is 41. The highest BCUT2D eigenvalue weighted by Crippen LogP contribution is 2.41. The summed E-state index contributed by atoms with van der Waals surface area (Å²) in [5.74, 6) is -1.93. The molecule has 6 atom stereocenters. The van der Waals surface area contributed by atoms with Gasteiger partial charge in [0.25, 0.3) is 11.8 Å². The molecule has 0 spiro atoms. The molecule has 2 amide bonds. The van der Waals surface area contributed by atoms with Gasteiger partial charge in [0, 0.05) is 75.8 Å². The Bertz CT molecular complexity index is 3240. The first-order chi connectivity index (χ1) is 44.6. The zero-order chi connectivity index (χ0) is 65.2. The lowest BCUT2D eigenvalue weighted by Crippen LogP contribution is -2.54. The Morgan fingerprint density at radius 1 is 0.500 bits per heavy atom. The minimum absolute atomic E-state index is 0.0448. The molecule has 6 N–H and O–H groups in total. The number of carbonyl (C=O) groups is 2. The summed E-state index contributed by atoms with van der Waals surface area (Å²) in [5, 5.41) is 65.7. The van der Waals surface area contributed by atoms with Crippen molar-refractivity contribution in [1.29, 1.82) is 0 Å². The first-order valence-electron chi connectivity index (χ1n) is 30.4. The molecule has 4 aromatic carbocycles. The van der Waals surface area contributed by atoms with Crippen molar-refractivity contribution >= 4 is 58.2 Å². The van der Waals surface area contributed by atoms with Crippen molar-refractivity contribution in [2.24, 2.45) is 0 Å². The predicted octanol–water partition coefficient (Wildman–Crippen LogP) is 4.45. The number of nitrogens with zero attached hydrogens (tertiary/aromatic N) is 8. The summed E-state index contributed by atoms with van der Waals surface area (Å²) in [6.07, 6.45) is -4.93. The van der Waals surface area contributed by atoms with E-state index in [1.54, 1.807) is 21.5 Å². The SMILES string of the molecule is CN1Cc2c(Cl)cc(Cl)cc2[C@H](c2cccc(-c3cn(CCOCCOCCOCCOCCNC(=O)[C@H](O)[C@@H](O)[C@@H](O)[C@H](O)C(=O)NCOCCOCCOCCOCCOCCn4cc(-c5cccc([C@@H]6CN(C)Cc7c(Cl)cc(Cl)cc76)c5)nn4)nn3)c2)C1. The third-order valence-electron chi connectivity index (χ3n) is 15.2. The maximum atomic E-state index is 12.4. The topological polar surface area (TPSA) is 290 Å². The van der Waals surface area contributed by atoms with Gasteiger partial charge in [-0.2, -0.15) is 0 Å². The minimum Gasteiger partial charge on any atom is -0.387 e. The van der Waals surface area contributed by atoms with Crippen LogP contribution in [-0.2, 0) is 78.4 Å². The van der Waals surface area contributed by atoms with E-state index >= 15 is 0 Å². The lowest BCUT2D eigenvalue weighted by Gasteiger charge is -2.33. The van der Waals surface area contributed by atoms with Crippen LogP contribution in [0.25, 0.3) is 22.5 Å². The van der Waals surface area contributed by atoms with Gasteiger partial charge in [0.1, 0.15) is 30.3 Å². The molecule has 0 saturated carbocycles. The molecule has 92 heavy (non-hydrogen) atoms. The highest BCUT2D eigenvalue weighted by atomic mass is 35.5. The fraction of sp³-hybridized carbons (Fsp3) is 0.524. The van der Waals surface area contributed by atoms with Gasteiger partial charge in [0.05, 0.1) is 138 Å². The van der Waals surface area contributed by atoms with E-state index < -0.39 is 36.2 Å². The first-order valence-corrected chi connectivity index (χ1v) is 32.0. The van der Waals surface area contributed by atoms with Crippen molar-refractivity contribution in [3.63, 3.8) is 0 Å². The Morgan fingerprint density at radius 3 is 1.28 bits per heavy atom. The standard InChI is InChI=1S/C63H82Cl4N10O15/c1-74-35-50(48-31-46(64)33-54(66)52(48)37-74)42-5-3-7-44(29-42)56-39-76(72-70-56)10-13-85-16-19-88-22-21-87-18-15-84-12-9-68-62(82)60(80)58(78)59(79)61(81)63(83)69-41-92-28-27-91-26-25-90-24-23-89-20-17-86-14-11-77-40-57(71-73-77)45-8-4-6-43(30-45)51-36-75(2)38-53-49(51)32-47(65)34-55(53)67/h3-8,29-34,39-40,50-51,58-61,78-81H,9-28,35-38,41H2,1-2H3,(H,68,82)(H,69,83)/t50-,51-,58-,59+,60+,61-/m0/s1. The molecule has 0 bridgehead atoms. The third kappa shape index (κ3) is 22.4. The number of amides is 2. The highest BCUT2D eigenvalue weighted by Gasteiger charge is 2.37. The summed E-state index contributed by atoms with van der Waals surface area (Å²) in [6, 6.07) is 24.3. The number of aromatic nitrogens is 6. The van der Waals surface area contributed by atoms with E-state index in [9.17, 15) is 30.0 Å². The largest absolute Gasteiger partial charge is 0.387 e. The number of aliphatic hydroxyl groups is 4. The second kappa shape index (κ2) is 38.3. The fourth-order valence-electron chi connectivity index (χ4n) is 10.5. The normalized spacial score (nSPS) is 16.5. The third-order valence-corrected chi connectivity index (χ3v) is 16.3. The number of hydrogen-bond acceptors (Lipinski definition) is 21. The summed E-state index contributed by atoms with van der Waals surface area (Å²) in [5.41, 5.74) is 10.2. The average molecular weight is 1360 g/mol. The number of benzene rings is 4. The van der Waals surface area contributed by atoms with Gasteiger partial charge in [0.15, 0.2) is 12.2 Å². The molecule has 29 heteroatoms. The zero-order valence-electron chi connectivity index (χ0n) is 51.6. The Kier molecular flexibility index (Phi) is 30.2. The number of carbonyl (C=O) groups excluding carboxylic acids is 2. The Balaban J connectivity index is 0.554. The highest BCUT2D eigenvalue weighted by molar-refractivity contribution is 6.35. The van der Waals surface area contributed by atoms with Crippen molar-refractivity contribution in [1.82, 2.24) is 50.4 Å². The van der Waals surface area contributed by atoms with Crippen LogP contribution >= 0.6 is 46.4 Å². The van der Waals surface area contributed by atoms with Gasteiger partial charge in [0.2, 0.25) is 0 Å². The molecule has 0 fully saturated rings. The van der Waals surface area contributed by atoms with Crippen LogP contribution in [-0.4, -0.2) is 249 Å². The molecule has 0 saturated heterocycles. The van der Waals surface area contributed by atoms with Crippen LogP contribution in [0.5, 0.6) is 0 Å². The molecule has 502 valence electrons. The number of hydrogen-bond donors (Lipinski definition) is 6. The van der Waals surface area contributed by atoms with Gasteiger partial charge in [-0.25, -0.2) is 9.36 Å². The number of nitrogens with one attached hydrogen (secondary N) is 2. The van der Waals surface area contributed by atoms with Crippen molar-refractivity contribution in [2.75, 3.05) is 153 Å². The van der Waals surface area contributed by atoms with Crippen LogP contribution in [0.1, 0.15) is 45.2 Å². The second-order valence-corrected chi connectivity index (χ2v) is 23.7. The minimum atomic E-state index is -2.20. The summed E-state index contributed by atoms with van der Waals surface area (Å²) < 4.78 is 53.3. The first kappa shape index (κ1) is 72.5. The molecule has 0 radical (unpaired) electrons. The van der Waals surface area contributed by atoms with Gasteiger partial charge < -0.3 is 83.5 Å². The smallest absolute Gasteiger partial charge is 0.253 e. The van der Waals surface area contributed by atoms with E-state index in [0.717, 1.165) is 82.1 Å². The van der Waals surface area contributed by atoms with E-state index in [4.69, 9.17) is 89.0 Å². The van der Waals surface area contributed by atoms with Gasteiger partial charge in [-0.3, -0.25) is 9.59 Å². The van der Waals surface area contributed by atoms with Crippen molar-refractivity contribution in [3.05, 3.63) is 139 Å². The fourth-order valence-corrected chi connectivity index (χ4v) is 11.6. The Labute approximate surface area is 554 Å².